The van der Waals surface area contributed by atoms with E-state index in [9.17, 15) is 4.79 Å². The average Bonchev–Trinajstić information content (AvgIpc) is 2.66. The highest BCUT2D eigenvalue weighted by Gasteiger charge is 2.60. The highest BCUT2D eigenvalue weighted by Crippen LogP contribution is 2.60. The first-order valence-electron chi connectivity index (χ1n) is 6.23. The summed E-state index contributed by atoms with van der Waals surface area (Å²) in [5.74, 6) is 2.37. The van der Waals surface area contributed by atoms with Crippen LogP contribution in [0.3, 0.4) is 0 Å². The molecule has 0 N–H and O–H groups in total. The lowest BCUT2D eigenvalue weighted by Gasteiger charge is -2.45. The molecule has 2 bridgehead atoms. The van der Waals surface area contributed by atoms with Gasteiger partial charge in [0.2, 0.25) is 0 Å². The number of fused-ring (bicyclic) bond motifs is 1. The molecule has 1 heterocycles. The summed E-state index contributed by atoms with van der Waals surface area (Å²) in [5.41, 5.74) is 0.399. The van der Waals surface area contributed by atoms with E-state index >= 15 is 0 Å². The van der Waals surface area contributed by atoms with Crippen molar-refractivity contribution in [3.8, 4) is 0 Å². The lowest BCUT2D eigenvalue weighted by molar-refractivity contribution is -0.149. The van der Waals surface area contributed by atoms with E-state index in [2.05, 4.69) is 20.8 Å². The van der Waals surface area contributed by atoms with Gasteiger partial charge in [-0.2, -0.15) is 0 Å². The molecule has 2 nitrogen and oxygen atoms in total. The molecule has 0 amide bonds. The van der Waals surface area contributed by atoms with Gasteiger partial charge >= 0.3 is 5.97 Å². The minimum atomic E-state index is 0.0957. The standard InChI is InChI=1S/C13H20O2/c1-7(2)13(3)6-11-9-4-8(13)5-10(9)12(14)15-11/h7-11H,4-6H2,1-3H3. The molecular formula is C13H20O2. The Bertz CT molecular complexity index is 310. The third kappa shape index (κ3) is 1.08. The van der Waals surface area contributed by atoms with Crippen LogP contribution >= 0.6 is 0 Å². The Balaban J connectivity index is 1.94. The predicted molar refractivity (Wildman–Crippen MR) is 57.1 cm³/mol. The molecule has 2 aliphatic carbocycles. The fourth-order valence-corrected chi connectivity index (χ4v) is 4.11. The van der Waals surface area contributed by atoms with Crippen LogP contribution in [0.1, 0.15) is 40.0 Å². The van der Waals surface area contributed by atoms with Gasteiger partial charge in [-0.1, -0.05) is 20.8 Å². The molecule has 5 atom stereocenters. The van der Waals surface area contributed by atoms with E-state index < -0.39 is 0 Å². The van der Waals surface area contributed by atoms with E-state index in [0.29, 0.717) is 17.3 Å². The van der Waals surface area contributed by atoms with Gasteiger partial charge in [0.15, 0.2) is 0 Å². The van der Waals surface area contributed by atoms with Crippen molar-refractivity contribution in [3.63, 3.8) is 0 Å². The second-order valence-corrected chi connectivity index (χ2v) is 6.28. The lowest BCUT2D eigenvalue weighted by Crippen LogP contribution is -2.41. The molecule has 15 heavy (non-hydrogen) atoms. The molecule has 0 radical (unpaired) electrons. The van der Waals surface area contributed by atoms with E-state index in [4.69, 9.17) is 4.74 Å². The van der Waals surface area contributed by atoms with Crippen molar-refractivity contribution in [3.05, 3.63) is 0 Å². The molecule has 3 aliphatic rings. The lowest BCUT2D eigenvalue weighted by atomic mass is 9.61. The van der Waals surface area contributed by atoms with Crippen LogP contribution < -0.4 is 0 Å². The van der Waals surface area contributed by atoms with Crippen LogP contribution in [0.15, 0.2) is 0 Å². The molecule has 2 saturated carbocycles. The smallest absolute Gasteiger partial charge is 0.309 e. The van der Waals surface area contributed by atoms with Crippen LogP contribution in [0.4, 0.5) is 0 Å². The summed E-state index contributed by atoms with van der Waals surface area (Å²) >= 11 is 0. The van der Waals surface area contributed by atoms with Crippen molar-refractivity contribution < 1.29 is 9.53 Å². The van der Waals surface area contributed by atoms with E-state index in [1.54, 1.807) is 0 Å². The maximum Gasteiger partial charge on any atom is 0.309 e. The van der Waals surface area contributed by atoms with Crippen molar-refractivity contribution in [1.82, 2.24) is 0 Å². The average molecular weight is 208 g/mol. The van der Waals surface area contributed by atoms with Crippen LogP contribution in [0, 0.1) is 29.1 Å². The summed E-state index contributed by atoms with van der Waals surface area (Å²) < 4.78 is 5.52. The molecule has 2 heteroatoms. The molecule has 0 aromatic rings. The van der Waals surface area contributed by atoms with Gasteiger partial charge in [0.1, 0.15) is 6.10 Å². The van der Waals surface area contributed by atoms with E-state index in [-0.39, 0.29) is 18.0 Å². The zero-order valence-corrected chi connectivity index (χ0v) is 9.82. The van der Waals surface area contributed by atoms with Crippen LogP contribution in [-0.4, -0.2) is 12.1 Å². The fraction of sp³-hybridized carbons (Fsp3) is 0.923. The first kappa shape index (κ1) is 9.68. The number of ether oxygens (including phenoxy) is 1. The van der Waals surface area contributed by atoms with Gasteiger partial charge in [0.05, 0.1) is 5.92 Å². The Labute approximate surface area is 91.4 Å². The predicted octanol–water partition coefficient (Wildman–Crippen LogP) is 2.62. The van der Waals surface area contributed by atoms with Crippen LogP contribution in [0.25, 0.3) is 0 Å². The minimum Gasteiger partial charge on any atom is -0.462 e. The summed E-state index contributed by atoms with van der Waals surface area (Å²) in [6.07, 6.45) is 3.67. The maximum atomic E-state index is 11.6. The molecule has 0 aromatic carbocycles. The summed E-state index contributed by atoms with van der Waals surface area (Å²) in [6.45, 7) is 7.02. The second kappa shape index (κ2) is 2.78. The summed E-state index contributed by atoms with van der Waals surface area (Å²) in [6, 6.07) is 0. The van der Waals surface area contributed by atoms with Crippen molar-refractivity contribution >= 4 is 5.97 Å². The first-order chi connectivity index (χ1) is 7.02. The van der Waals surface area contributed by atoms with E-state index in [0.717, 1.165) is 18.8 Å². The Morgan fingerprint density at radius 3 is 2.80 bits per heavy atom. The largest absolute Gasteiger partial charge is 0.462 e. The van der Waals surface area contributed by atoms with Gasteiger partial charge in [-0.25, -0.2) is 0 Å². The van der Waals surface area contributed by atoms with Gasteiger partial charge < -0.3 is 4.74 Å². The Morgan fingerprint density at radius 2 is 2.13 bits per heavy atom. The molecule has 1 aliphatic heterocycles. The number of carbonyl (C=O) groups is 1. The number of carbonyl (C=O) groups excluding carboxylic acids is 1. The fourth-order valence-electron chi connectivity index (χ4n) is 4.11. The minimum absolute atomic E-state index is 0.0957. The van der Waals surface area contributed by atoms with Crippen molar-refractivity contribution in [2.45, 2.75) is 46.1 Å². The zero-order valence-electron chi connectivity index (χ0n) is 9.82. The summed E-state index contributed by atoms with van der Waals surface area (Å²) in [4.78, 5) is 11.6. The maximum absolute atomic E-state index is 11.6. The monoisotopic (exact) mass is 208 g/mol. The normalized spacial score (nSPS) is 52.4. The van der Waals surface area contributed by atoms with E-state index in [1.807, 2.05) is 0 Å². The molecule has 3 rings (SSSR count). The first-order valence-corrected chi connectivity index (χ1v) is 6.23. The SMILES string of the molecule is CC(C)C1(C)CC2OC(=O)C3CC1CC23. The molecule has 5 unspecified atom stereocenters. The number of hydrogen-bond acceptors (Lipinski definition) is 2. The zero-order chi connectivity index (χ0) is 10.8. The van der Waals surface area contributed by atoms with E-state index in [1.165, 1.54) is 6.42 Å². The molecule has 84 valence electrons. The van der Waals surface area contributed by atoms with Gasteiger partial charge in [-0.3, -0.25) is 4.79 Å². The van der Waals surface area contributed by atoms with Crippen molar-refractivity contribution in [1.29, 1.82) is 0 Å². The van der Waals surface area contributed by atoms with Gasteiger partial charge in [0.25, 0.3) is 0 Å². The summed E-state index contributed by atoms with van der Waals surface area (Å²) in [7, 11) is 0. The number of esters is 1. The Kier molecular flexibility index (Phi) is 1.79. The van der Waals surface area contributed by atoms with Crippen molar-refractivity contribution in [2.75, 3.05) is 0 Å². The molecular weight excluding hydrogens is 188 g/mol. The third-order valence-corrected chi connectivity index (χ3v) is 5.55. The Hall–Kier alpha value is -0.530. The second-order valence-electron chi connectivity index (χ2n) is 6.28. The van der Waals surface area contributed by atoms with Crippen molar-refractivity contribution in [2.24, 2.45) is 29.1 Å². The topological polar surface area (TPSA) is 26.3 Å². The van der Waals surface area contributed by atoms with Gasteiger partial charge in [0, 0.05) is 5.92 Å². The third-order valence-electron chi connectivity index (χ3n) is 5.55. The van der Waals surface area contributed by atoms with Gasteiger partial charge in [-0.05, 0) is 36.5 Å². The molecule has 0 spiro atoms. The van der Waals surface area contributed by atoms with Gasteiger partial charge in [-0.15, -0.1) is 0 Å². The van der Waals surface area contributed by atoms with Crippen LogP contribution in [0.2, 0.25) is 0 Å². The quantitative estimate of drug-likeness (QED) is 0.619. The highest BCUT2D eigenvalue weighted by molar-refractivity contribution is 5.76. The number of rotatable bonds is 1. The van der Waals surface area contributed by atoms with Crippen LogP contribution in [-0.2, 0) is 9.53 Å². The molecule has 3 fully saturated rings. The number of hydrogen-bond donors (Lipinski definition) is 0. The molecule has 1 saturated heterocycles. The summed E-state index contributed by atoms with van der Waals surface area (Å²) in [5, 5.41) is 0. The Morgan fingerprint density at radius 1 is 1.40 bits per heavy atom. The molecule has 0 aromatic heterocycles. The van der Waals surface area contributed by atoms with Crippen LogP contribution in [0.5, 0.6) is 0 Å². The highest BCUT2D eigenvalue weighted by atomic mass is 16.6.